The van der Waals surface area contributed by atoms with Crippen LogP contribution in [0.3, 0.4) is 0 Å². The largest absolute Gasteiger partial charge is 0.204 e. The number of hydrogen-bond donors (Lipinski definition) is 0. The van der Waals surface area contributed by atoms with Crippen LogP contribution in [0.5, 0.6) is 0 Å². The average Bonchev–Trinajstić information content (AvgIpc) is 3.18. The van der Waals surface area contributed by atoms with Crippen molar-refractivity contribution in [3.63, 3.8) is 0 Å². The standard InChI is InChI=1S/C44H34N8/c1-27-11-9-12-28(2)39(27)43-49-45-41(46-50-43)33-23-19-31(20-24-33)35-15-5-7-17-37(35)38-18-8-6-16-36(38)32-21-25-34(26-22-32)42-47-51-44(52-48-42)40-29(3)13-10-14-30(40)4/h5-26H,1-4H3. The van der Waals surface area contributed by atoms with Gasteiger partial charge in [0.05, 0.1) is 0 Å². The Morgan fingerprint density at radius 1 is 0.250 bits per heavy atom. The van der Waals surface area contributed by atoms with Crippen molar-refractivity contribution in [3.8, 4) is 78.9 Å². The Hall–Kier alpha value is -6.80. The summed E-state index contributed by atoms with van der Waals surface area (Å²) < 4.78 is 0. The van der Waals surface area contributed by atoms with E-state index in [-0.39, 0.29) is 0 Å². The summed E-state index contributed by atoms with van der Waals surface area (Å²) in [5.41, 5.74) is 14.7. The van der Waals surface area contributed by atoms with Crippen LogP contribution in [0.15, 0.2) is 133 Å². The highest BCUT2D eigenvalue weighted by Gasteiger charge is 2.16. The summed E-state index contributed by atoms with van der Waals surface area (Å²) in [6, 6.07) is 45.7. The van der Waals surface area contributed by atoms with Gasteiger partial charge < -0.3 is 0 Å². The highest BCUT2D eigenvalue weighted by atomic mass is 15.3. The van der Waals surface area contributed by atoms with Crippen LogP contribution < -0.4 is 0 Å². The van der Waals surface area contributed by atoms with Gasteiger partial charge in [0.1, 0.15) is 0 Å². The first kappa shape index (κ1) is 32.4. The summed E-state index contributed by atoms with van der Waals surface area (Å²) in [4.78, 5) is 0. The first-order valence-corrected chi connectivity index (χ1v) is 17.1. The molecule has 0 aliphatic carbocycles. The summed E-state index contributed by atoms with van der Waals surface area (Å²) in [5.74, 6) is 2.03. The van der Waals surface area contributed by atoms with Crippen molar-refractivity contribution in [1.29, 1.82) is 0 Å². The van der Waals surface area contributed by atoms with E-state index in [0.29, 0.717) is 23.3 Å². The van der Waals surface area contributed by atoms with Crippen LogP contribution >= 0.6 is 0 Å². The lowest BCUT2D eigenvalue weighted by atomic mass is 9.89. The minimum atomic E-state index is 0.484. The van der Waals surface area contributed by atoms with Crippen LogP contribution in [0.2, 0.25) is 0 Å². The molecule has 0 amide bonds. The molecule has 8 aromatic rings. The lowest BCUT2D eigenvalue weighted by molar-refractivity contribution is 0.874. The Kier molecular flexibility index (Phi) is 8.63. The molecule has 6 aromatic carbocycles. The number of rotatable bonds is 7. The van der Waals surface area contributed by atoms with Gasteiger partial charge in [0.15, 0.2) is 0 Å². The molecule has 0 saturated carbocycles. The van der Waals surface area contributed by atoms with Crippen molar-refractivity contribution in [2.75, 3.05) is 0 Å². The number of nitrogens with zero attached hydrogens (tertiary/aromatic N) is 8. The summed E-state index contributed by atoms with van der Waals surface area (Å²) >= 11 is 0. The predicted octanol–water partition coefficient (Wildman–Crippen LogP) is 9.75. The van der Waals surface area contributed by atoms with Crippen molar-refractivity contribution in [2.24, 2.45) is 0 Å². The van der Waals surface area contributed by atoms with E-state index in [4.69, 9.17) is 0 Å². The van der Waals surface area contributed by atoms with Gasteiger partial charge in [-0.2, -0.15) is 0 Å². The summed E-state index contributed by atoms with van der Waals surface area (Å²) in [7, 11) is 0. The third-order valence-corrected chi connectivity index (χ3v) is 9.42. The first-order valence-electron chi connectivity index (χ1n) is 17.1. The van der Waals surface area contributed by atoms with Gasteiger partial charge in [0.2, 0.25) is 23.3 Å². The molecule has 8 heteroatoms. The molecule has 2 aromatic heterocycles. The number of aryl methyl sites for hydroxylation is 4. The molecule has 2 heterocycles. The highest BCUT2D eigenvalue weighted by Crippen LogP contribution is 2.39. The lowest BCUT2D eigenvalue weighted by Crippen LogP contribution is -2.01. The van der Waals surface area contributed by atoms with E-state index in [9.17, 15) is 0 Å². The van der Waals surface area contributed by atoms with Gasteiger partial charge in [-0.15, -0.1) is 40.8 Å². The summed E-state index contributed by atoms with van der Waals surface area (Å²) in [6.45, 7) is 8.18. The quantitative estimate of drug-likeness (QED) is 0.165. The molecular formula is C44H34N8. The normalized spacial score (nSPS) is 11.1. The van der Waals surface area contributed by atoms with E-state index in [1.807, 2.05) is 88.4 Å². The van der Waals surface area contributed by atoms with E-state index >= 15 is 0 Å². The van der Waals surface area contributed by atoms with Gasteiger partial charge in [-0.25, -0.2) is 0 Å². The molecule has 0 bridgehead atoms. The van der Waals surface area contributed by atoms with Crippen molar-refractivity contribution in [1.82, 2.24) is 40.8 Å². The maximum atomic E-state index is 4.43. The molecule has 0 spiro atoms. The summed E-state index contributed by atoms with van der Waals surface area (Å²) in [6.07, 6.45) is 0. The third-order valence-electron chi connectivity index (χ3n) is 9.42. The van der Waals surface area contributed by atoms with Crippen molar-refractivity contribution < 1.29 is 0 Å². The Morgan fingerprint density at radius 2 is 0.519 bits per heavy atom. The van der Waals surface area contributed by atoms with Gasteiger partial charge in [-0.05, 0) is 83.3 Å². The monoisotopic (exact) mass is 674 g/mol. The SMILES string of the molecule is Cc1cccc(C)c1-c1nnc(-c2ccc(-c3ccccc3-c3ccccc3-c3ccc(-c4nnc(-c5c(C)cccc5C)nn4)cc3)cc2)nn1. The van der Waals surface area contributed by atoms with Crippen LogP contribution in [-0.2, 0) is 0 Å². The second kappa shape index (κ2) is 13.8. The third kappa shape index (κ3) is 6.22. The lowest BCUT2D eigenvalue weighted by Gasteiger charge is -2.15. The molecule has 0 aliphatic rings. The van der Waals surface area contributed by atoms with Crippen LogP contribution in [0, 0.1) is 27.7 Å². The van der Waals surface area contributed by atoms with Crippen LogP contribution in [0.25, 0.3) is 78.9 Å². The van der Waals surface area contributed by atoms with Gasteiger partial charge in [0.25, 0.3) is 0 Å². The highest BCUT2D eigenvalue weighted by molar-refractivity contribution is 5.92. The van der Waals surface area contributed by atoms with Gasteiger partial charge in [-0.1, -0.05) is 133 Å². The van der Waals surface area contributed by atoms with E-state index in [0.717, 1.165) is 77.9 Å². The van der Waals surface area contributed by atoms with Crippen molar-refractivity contribution >= 4 is 0 Å². The fraction of sp³-hybridized carbons (Fsp3) is 0.0909. The topological polar surface area (TPSA) is 103 Å². The Labute approximate surface area is 302 Å². The number of aromatic nitrogens is 8. The molecule has 0 radical (unpaired) electrons. The summed E-state index contributed by atoms with van der Waals surface area (Å²) in [5, 5.41) is 35.4. The zero-order chi connectivity index (χ0) is 35.6. The second-order valence-electron chi connectivity index (χ2n) is 12.9. The molecule has 8 nitrogen and oxygen atoms in total. The second-order valence-corrected chi connectivity index (χ2v) is 12.9. The molecule has 8 rings (SSSR count). The first-order chi connectivity index (χ1) is 25.4. The van der Waals surface area contributed by atoms with Gasteiger partial charge in [0, 0.05) is 22.3 Å². The van der Waals surface area contributed by atoms with Crippen LogP contribution in [-0.4, -0.2) is 40.8 Å². The van der Waals surface area contributed by atoms with Crippen LogP contribution in [0.1, 0.15) is 22.3 Å². The van der Waals surface area contributed by atoms with E-state index in [1.54, 1.807) is 0 Å². The number of benzene rings is 6. The van der Waals surface area contributed by atoms with E-state index in [2.05, 4.69) is 114 Å². The van der Waals surface area contributed by atoms with Crippen LogP contribution in [0.4, 0.5) is 0 Å². The smallest absolute Gasteiger partial charge is 0.126 e. The van der Waals surface area contributed by atoms with E-state index < -0.39 is 0 Å². The van der Waals surface area contributed by atoms with E-state index in [1.165, 1.54) is 0 Å². The molecule has 0 fully saturated rings. The fourth-order valence-electron chi connectivity index (χ4n) is 6.76. The maximum absolute atomic E-state index is 4.43. The molecule has 250 valence electrons. The molecule has 0 saturated heterocycles. The average molecular weight is 675 g/mol. The predicted molar refractivity (Wildman–Crippen MR) is 206 cm³/mol. The minimum Gasteiger partial charge on any atom is -0.126 e. The zero-order valence-corrected chi connectivity index (χ0v) is 29.3. The van der Waals surface area contributed by atoms with Gasteiger partial charge >= 0.3 is 0 Å². The molecule has 0 N–H and O–H groups in total. The van der Waals surface area contributed by atoms with Crippen molar-refractivity contribution in [3.05, 3.63) is 156 Å². The minimum absolute atomic E-state index is 0.484. The Balaban J connectivity index is 1.06. The molecule has 0 unspecified atom stereocenters. The molecule has 0 aliphatic heterocycles. The Bertz CT molecular complexity index is 2310. The van der Waals surface area contributed by atoms with Gasteiger partial charge in [-0.3, -0.25) is 0 Å². The molecular weight excluding hydrogens is 641 g/mol. The molecule has 52 heavy (non-hydrogen) atoms. The molecule has 0 atom stereocenters. The zero-order valence-electron chi connectivity index (χ0n) is 29.3. The maximum Gasteiger partial charge on any atom is 0.204 e. The number of hydrogen-bond acceptors (Lipinski definition) is 8. The Morgan fingerprint density at radius 3 is 0.846 bits per heavy atom. The fourth-order valence-corrected chi connectivity index (χ4v) is 6.76. The van der Waals surface area contributed by atoms with Crippen molar-refractivity contribution in [2.45, 2.75) is 27.7 Å².